The number of rotatable bonds is 8. The number of halogens is 1. The molecule has 1 unspecified atom stereocenters. The van der Waals surface area contributed by atoms with Gasteiger partial charge in [-0.05, 0) is 55.9 Å². The summed E-state index contributed by atoms with van der Waals surface area (Å²) in [7, 11) is -4.98. The zero-order valence-electron chi connectivity index (χ0n) is 21.4. The van der Waals surface area contributed by atoms with Crippen LogP contribution in [0, 0.1) is 5.92 Å². The Labute approximate surface area is 227 Å². The molecule has 0 aromatic heterocycles. The Morgan fingerprint density at radius 2 is 1.86 bits per heavy atom. The van der Waals surface area contributed by atoms with E-state index in [1.165, 1.54) is 12.1 Å². The lowest BCUT2D eigenvalue weighted by atomic mass is 10.0. The normalized spacial score (nSPS) is 29.6. The van der Waals surface area contributed by atoms with Crippen molar-refractivity contribution in [2.45, 2.75) is 74.1 Å². The molecule has 0 N–H and O–H groups in total. The standard InChI is InChI=1S/C25H36ClN3O6S2/c1-3-20-15-27(36(2)31)12-13-28(20)24(30)35-25(10-11-25)23-17-34-16-21(14-18-4-5-18)29(23)37(32,33)22-8-6-19(26)7-9-22/h6-9,18,20-21,23H,3-5,10-17H2,1-2H3/t20-,21+,23+,36?/m0/s1. The van der Waals surface area contributed by atoms with Crippen LogP contribution in [-0.4, -0.2) is 95.1 Å². The van der Waals surface area contributed by atoms with Gasteiger partial charge in [-0.25, -0.2) is 21.7 Å². The molecule has 2 aliphatic heterocycles. The van der Waals surface area contributed by atoms with E-state index < -0.39 is 38.7 Å². The first-order valence-corrected chi connectivity index (χ1v) is 16.4. The van der Waals surface area contributed by atoms with Crippen molar-refractivity contribution in [2.24, 2.45) is 5.92 Å². The fraction of sp³-hybridized carbons (Fsp3) is 0.720. The number of carbonyl (C=O) groups excluding carboxylic acids is 1. The summed E-state index contributed by atoms with van der Waals surface area (Å²) < 4.78 is 55.6. The quantitative estimate of drug-likeness (QED) is 0.474. The predicted molar refractivity (Wildman–Crippen MR) is 141 cm³/mol. The van der Waals surface area contributed by atoms with E-state index in [-0.39, 0.29) is 23.6 Å². The van der Waals surface area contributed by atoms with Crippen LogP contribution >= 0.6 is 11.6 Å². The van der Waals surface area contributed by atoms with E-state index in [0.717, 1.165) is 19.3 Å². The summed E-state index contributed by atoms with van der Waals surface area (Å²) in [5.74, 6) is 0.499. The van der Waals surface area contributed by atoms with Gasteiger partial charge in [0.1, 0.15) is 5.60 Å². The number of amides is 1. The van der Waals surface area contributed by atoms with Crippen LogP contribution in [0.4, 0.5) is 4.79 Å². The third-order valence-corrected chi connectivity index (χ3v) is 11.4. The van der Waals surface area contributed by atoms with Crippen molar-refractivity contribution >= 4 is 38.7 Å². The van der Waals surface area contributed by atoms with Gasteiger partial charge < -0.3 is 14.4 Å². The van der Waals surface area contributed by atoms with E-state index in [1.54, 1.807) is 27.6 Å². The van der Waals surface area contributed by atoms with Gasteiger partial charge in [-0.15, -0.1) is 0 Å². The van der Waals surface area contributed by atoms with Gasteiger partial charge in [-0.3, -0.25) is 0 Å². The maximum absolute atomic E-state index is 14.0. The zero-order valence-corrected chi connectivity index (χ0v) is 23.8. The molecular formula is C25H36ClN3O6S2. The van der Waals surface area contributed by atoms with E-state index in [9.17, 15) is 17.4 Å². The highest BCUT2D eigenvalue weighted by Gasteiger charge is 2.61. The number of carbonyl (C=O) groups is 1. The Kier molecular flexibility index (Phi) is 7.93. The van der Waals surface area contributed by atoms with E-state index in [4.69, 9.17) is 21.1 Å². The molecule has 1 aromatic rings. The molecule has 12 heteroatoms. The van der Waals surface area contributed by atoms with Crippen molar-refractivity contribution in [1.82, 2.24) is 13.5 Å². The van der Waals surface area contributed by atoms with Gasteiger partial charge in [-0.2, -0.15) is 4.31 Å². The molecule has 2 saturated carbocycles. The highest BCUT2D eigenvalue weighted by Crippen LogP contribution is 2.49. The molecule has 4 atom stereocenters. The van der Waals surface area contributed by atoms with Crippen LogP contribution in [0.1, 0.15) is 45.4 Å². The zero-order chi connectivity index (χ0) is 26.4. The Morgan fingerprint density at radius 1 is 1.16 bits per heavy atom. The Hall–Kier alpha value is -1.24. The first kappa shape index (κ1) is 27.3. The minimum Gasteiger partial charge on any atom is -0.441 e. The smallest absolute Gasteiger partial charge is 0.410 e. The summed E-state index contributed by atoms with van der Waals surface area (Å²) in [4.78, 5) is 15.4. The lowest BCUT2D eigenvalue weighted by molar-refractivity contribution is -0.0764. The summed E-state index contributed by atoms with van der Waals surface area (Å²) in [6.07, 6.45) is 6.04. The highest BCUT2D eigenvalue weighted by molar-refractivity contribution is 7.89. The molecular weight excluding hydrogens is 538 g/mol. The maximum atomic E-state index is 14.0. The molecule has 4 fully saturated rings. The average Bonchev–Trinajstić information content (AvgIpc) is 3.81. The number of nitrogens with zero attached hydrogens (tertiary/aromatic N) is 3. The molecule has 1 amide bonds. The van der Waals surface area contributed by atoms with Crippen LogP contribution < -0.4 is 0 Å². The van der Waals surface area contributed by atoms with Gasteiger partial charge in [0.05, 0.1) is 35.1 Å². The fourth-order valence-corrected chi connectivity index (χ4v) is 8.31. The molecule has 5 rings (SSSR count). The number of piperazine rings is 1. The number of hydrogen-bond acceptors (Lipinski definition) is 6. The number of hydrogen-bond donors (Lipinski definition) is 0. The Morgan fingerprint density at radius 3 is 2.46 bits per heavy atom. The molecule has 2 aliphatic carbocycles. The number of morpholine rings is 1. The average molecular weight is 574 g/mol. The van der Waals surface area contributed by atoms with Crippen LogP contribution in [0.25, 0.3) is 0 Å². The van der Waals surface area contributed by atoms with Crippen LogP contribution in [-0.2, 0) is 30.5 Å². The monoisotopic (exact) mass is 573 g/mol. The minimum atomic E-state index is -3.88. The van der Waals surface area contributed by atoms with Crippen molar-refractivity contribution < 1.29 is 26.9 Å². The van der Waals surface area contributed by atoms with Crippen molar-refractivity contribution in [3.63, 3.8) is 0 Å². The van der Waals surface area contributed by atoms with Gasteiger partial charge in [0.15, 0.2) is 0 Å². The second kappa shape index (κ2) is 10.7. The summed E-state index contributed by atoms with van der Waals surface area (Å²) >= 11 is 6.04. The molecule has 0 bridgehead atoms. The third kappa shape index (κ3) is 5.72. The van der Waals surface area contributed by atoms with E-state index in [0.29, 0.717) is 56.4 Å². The molecule has 1 aromatic carbocycles. The molecule has 0 spiro atoms. The van der Waals surface area contributed by atoms with E-state index in [1.807, 2.05) is 11.2 Å². The van der Waals surface area contributed by atoms with Gasteiger partial charge in [0.2, 0.25) is 10.0 Å². The molecule has 4 aliphatic rings. The summed E-state index contributed by atoms with van der Waals surface area (Å²) in [5, 5.41) is 0.470. The number of sulfonamides is 1. The molecule has 0 radical (unpaired) electrons. The Bertz CT molecular complexity index is 1130. The first-order valence-electron chi connectivity index (χ1n) is 13.1. The largest absolute Gasteiger partial charge is 0.441 e. The second-order valence-corrected chi connectivity index (χ2v) is 14.3. The fourth-order valence-electron chi connectivity index (χ4n) is 5.61. The first-order chi connectivity index (χ1) is 17.6. The molecule has 2 heterocycles. The van der Waals surface area contributed by atoms with Crippen LogP contribution in [0.5, 0.6) is 0 Å². The van der Waals surface area contributed by atoms with Crippen molar-refractivity contribution in [3.8, 4) is 0 Å². The van der Waals surface area contributed by atoms with Crippen LogP contribution in [0.3, 0.4) is 0 Å². The number of ether oxygens (including phenoxy) is 2. The van der Waals surface area contributed by atoms with Crippen molar-refractivity contribution in [3.05, 3.63) is 29.3 Å². The van der Waals surface area contributed by atoms with Crippen molar-refractivity contribution in [2.75, 3.05) is 39.1 Å². The van der Waals surface area contributed by atoms with Gasteiger partial charge in [0.25, 0.3) is 0 Å². The van der Waals surface area contributed by atoms with Crippen LogP contribution in [0.15, 0.2) is 29.2 Å². The lowest BCUT2D eigenvalue weighted by Crippen LogP contribution is -2.62. The van der Waals surface area contributed by atoms with Crippen molar-refractivity contribution in [1.29, 1.82) is 0 Å². The topological polar surface area (TPSA) is 96.5 Å². The van der Waals surface area contributed by atoms with E-state index in [2.05, 4.69) is 0 Å². The number of benzene rings is 1. The minimum absolute atomic E-state index is 0.111. The third-order valence-electron chi connectivity index (χ3n) is 8.10. The summed E-state index contributed by atoms with van der Waals surface area (Å²) in [5.41, 5.74) is -0.915. The molecule has 37 heavy (non-hydrogen) atoms. The maximum Gasteiger partial charge on any atom is 0.410 e. The summed E-state index contributed by atoms with van der Waals surface area (Å²) in [6.45, 7) is 3.96. The second-order valence-electron chi connectivity index (χ2n) is 10.7. The van der Waals surface area contributed by atoms with Crippen LogP contribution in [0.2, 0.25) is 5.02 Å². The highest BCUT2D eigenvalue weighted by atomic mass is 35.5. The Balaban J connectivity index is 1.40. The molecule has 2 saturated heterocycles. The van der Waals surface area contributed by atoms with Gasteiger partial charge >= 0.3 is 6.09 Å². The predicted octanol–water partition coefficient (Wildman–Crippen LogP) is 3.26. The SMILES string of the molecule is CC[C@H]1CN(S(C)=O)CCN1C(=O)OC1([C@H]2COC[C@@H](CC3CC3)N2S(=O)(=O)c2ccc(Cl)cc2)CC1. The van der Waals surface area contributed by atoms with Gasteiger partial charge in [-0.1, -0.05) is 31.4 Å². The molecule has 206 valence electrons. The molecule has 9 nitrogen and oxygen atoms in total. The van der Waals surface area contributed by atoms with E-state index >= 15 is 0 Å². The van der Waals surface area contributed by atoms with Gasteiger partial charge in [0, 0.05) is 43.0 Å². The lowest BCUT2D eigenvalue weighted by Gasteiger charge is -2.45. The summed E-state index contributed by atoms with van der Waals surface area (Å²) in [6, 6.07) is 5.22.